The van der Waals surface area contributed by atoms with Gasteiger partial charge in [0.1, 0.15) is 11.8 Å². The zero-order valence-electron chi connectivity index (χ0n) is 9.21. The molecule has 0 bridgehead atoms. The molecule has 2 aromatic heterocycles. The van der Waals surface area contributed by atoms with E-state index >= 15 is 0 Å². The zero-order valence-corrected chi connectivity index (χ0v) is 9.97. The minimum absolute atomic E-state index is 0.546. The Labute approximate surface area is 94.1 Å². The van der Waals surface area contributed by atoms with Crippen molar-refractivity contribution >= 4 is 22.6 Å². The van der Waals surface area contributed by atoms with Crippen LogP contribution in [0.4, 0.5) is 0 Å². The molecule has 0 unspecified atom stereocenters. The van der Waals surface area contributed by atoms with Crippen molar-refractivity contribution in [1.82, 2.24) is 14.5 Å². The van der Waals surface area contributed by atoms with Gasteiger partial charge < -0.3 is 4.57 Å². The highest BCUT2D eigenvalue weighted by molar-refractivity contribution is 6.33. The van der Waals surface area contributed by atoms with E-state index in [1.165, 1.54) is 17.6 Å². The minimum atomic E-state index is 0.546. The molecule has 4 heteroatoms. The standard InChI is InChI=1S/C11H14ClN3/c1-4-5-15-8(3)7(2)9-10(15)11(12)14-6-13-9/h6H,4-5H2,1-3H3. The lowest BCUT2D eigenvalue weighted by atomic mass is 10.2. The van der Waals surface area contributed by atoms with Crippen LogP contribution in [0.5, 0.6) is 0 Å². The molecule has 0 aliphatic rings. The Bertz CT molecular complexity index is 502. The first kappa shape index (κ1) is 10.4. The van der Waals surface area contributed by atoms with Gasteiger partial charge in [-0.3, -0.25) is 0 Å². The summed E-state index contributed by atoms with van der Waals surface area (Å²) >= 11 is 6.11. The lowest BCUT2D eigenvalue weighted by Gasteiger charge is -2.06. The molecule has 80 valence electrons. The number of rotatable bonds is 2. The van der Waals surface area contributed by atoms with Gasteiger partial charge in [-0.2, -0.15) is 0 Å². The van der Waals surface area contributed by atoms with Crippen molar-refractivity contribution in [3.8, 4) is 0 Å². The van der Waals surface area contributed by atoms with E-state index in [9.17, 15) is 0 Å². The molecular weight excluding hydrogens is 210 g/mol. The maximum absolute atomic E-state index is 6.11. The lowest BCUT2D eigenvalue weighted by Crippen LogP contribution is -1.99. The average Bonchev–Trinajstić information content (AvgIpc) is 2.46. The van der Waals surface area contributed by atoms with Gasteiger partial charge in [-0.25, -0.2) is 9.97 Å². The van der Waals surface area contributed by atoms with Crippen molar-refractivity contribution in [2.24, 2.45) is 0 Å². The van der Waals surface area contributed by atoms with Crippen LogP contribution in [0.15, 0.2) is 6.33 Å². The van der Waals surface area contributed by atoms with Crippen LogP contribution in [0.2, 0.25) is 5.15 Å². The average molecular weight is 224 g/mol. The number of fused-ring (bicyclic) bond motifs is 1. The Morgan fingerprint density at radius 1 is 1.33 bits per heavy atom. The van der Waals surface area contributed by atoms with Gasteiger partial charge in [0.15, 0.2) is 5.15 Å². The lowest BCUT2D eigenvalue weighted by molar-refractivity contribution is 0.683. The highest BCUT2D eigenvalue weighted by atomic mass is 35.5. The van der Waals surface area contributed by atoms with E-state index in [0.717, 1.165) is 24.0 Å². The Morgan fingerprint density at radius 2 is 2.07 bits per heavy atom. The van der Waals surface area contributed by atoms with Gasteiger partial charge in [0.05, 0.1) is 5.52 Å². The van der Waals surface area contributed by atoms with Crippen LogP contribution in [0.1, 0.15) is 24.6 Å². The van der Waals surface area contributed by atoms with Crippen molar-refractivity contribution < 1.29 is 0 Å². The van der Waals surface area contributed by atoms with E-state index in [4.69, 9.17) is 11.6 Å². The molecule has 0 aliphatic carbocycles. The van der Waals surface area contributed by atoms with Crippen LogP contribution >= 0.6 is 11.6 Å². The molecule has 3 nitrogen and oxygen atoms in total. The van der Waals surface area contributed by atoms with Crippen molar-refractivity contribution in [2.75, 3.05) is 0 Å². The predicted octanol–water partition coefficient (Wildman–Crippen LogP) is 3.11. The summed E-state index contributed by atoms with van der Waals surface area (Å²) in [5.41, 5.74) is 4.37. The molecule has 15 heavy (non-hydrogen) atoms. The van der Waals surface area contributed by atoms with Crippen molar-refractivity contribution in [3.05, 3.63) is 22.7 Å². The van der Waals surface area contributed by atoms with E-state index in [-0.39, 0.29) is 0 Å². The summed E-state index contributed by atoms with van der Waals surface area (Å²) < 4.78 is 2.20. The Hall–Kier alpha value is -1.09. The summed E-state index contributed by atoms with van der Waals surface area (Å²) in [6.45, 7) is 7.29. The normalized spacial score (nSPS) is 11.2. The molecule has 2 heterocycles. The second kappa shape index (κ2) is 3.81. The molecule has 0 atom stereocenters. The summed E-state index contributed by atoms with van der Waals surface area (Å²) in [5.74, 6) is 0. The van der Waals surface area contributed by atoms with E-state index < -0.39 is 0 Å². The Kier molecular flexibility index (Phi) is 2.65. The zero-order chi connectivity index (χ0) is 11.0. The molecule has 0 aromatic carbocycles. The molecule has 0 saturated heterocycles. The molecule has 0 spiro atoms. The van der Waals surface area contributed by atoms with Crippen molar-refractivity contribution in [1.29, 1.82) is 0 Å². The largest absolute Gasteiger partial charge is 0.341 e. The monoisotopic (exact) mass is 223 g/mol. The van der Waals surface area contributed by atoms with Gasteiger partial charge in [-0.05, 0) is 25.8 Å². The van der Waals surface area contributed by atoms with Crippen LogP contribution in [-0.4, -0.2) is 14.5 Å². The van der Waals surface area contributed by atoms with Gasteiger partial charge in [-0.15, -0.1) is 0 Å². The number of halogens is 1. The number of hydrogen-bond acceptors (Lipinski definition) is 2. The van der Waals surface area contributed by atoms with Gasteiger partial charge in [-0.1, -0.05) is 18.5 Å². The topological polar surface area (TPSA) is 30.7 Å². The quantitative estimate of drug-likeness (QED) is 0.733. The molecule has 0 N–H and O–H groups in total. The fourth-order valence-electron chi connectivity index (χ4n) is 1.92. The van der Waals surface area contributed by atoms with Crippen LogP contribution in [0.3, 0.4) is 0 Å². The van der Waals surface area contributed by atoms with Gasteiger partial charge in [0, 0.05) is 12.2 Å². The smallest absolute Gasteiger partial charge is 0.156 e. The Balaban J connectivity index is 2.82. The van der Waals surface area contributed by atoms with Crippen LogP contribution in [0.25, 0.3) is 11.0 Å². The first-order chi connectivity index (χ1) is 7.16. The third kappa shape index (κ3) is 1.51. The first-order valence-electron chi connectivity index (χ1n) is 5.12. The van der Waals surface area contributed by atoms with E-state index in [1.54, 1.807) is 0 Å². The molecule has 0 aliphatic heterocycles. The molecule has 2 aromatic rings. The summed E-state index contributed by atoms with van der Waals surface area (Å²) in [5, 5.41) is 0.546. The highest BCUT2D eigenvalue weighted by Gasteiger charge is 2.14. The van der Waals surface area contributed by atoms with Crippen LogP contribution in [-0.2, 0) is 6.54 Å². The third-order valence-electron chi connectivity index (χ3n) is 2.80. The van der Waals surface area contributed by atoms with E-state index in [0.29, 0.717) is 5.15 Å². The molecule has 0 radical (unpaired) electrons. The number of hydrogen-bond donors (Lipinski definition) is 0. The number of aryl methyl sites for hydroxylation is 2. The predicted molar refractivity (Wildman–Crippen MR) is 62.3 cm³/mol. The summed E-state index contributed by atoms with van der Waals surface area (Å²) in [7, 11) is 0. The second-order valence-electron chi connectivity index (χ2n) is 3.72. The maximum atomic E-state index is 6.11. The molecule has 0 saturated carbocycles. The molecule has 0 fully saturated rings. The van der Waals surface area contributed by atoms with E-state index in [2.05, 4.69) is 35.3 Å². The van der Waals surface area contributed by atoms with Crippen molar-refractivity contribution in [2.45, 2.75) is 33.7 Å². The van der Waals surface area contributed by atoms with Gasteiger partial charge in [0.25, 0.3) is 0 Å². The van der Waals surface area contributed by atoms with Gasteiger partial charge in [0.2, 0.25) is 0 Å². The highest BCUT2D eigenvalue weighted by Crippen LogP contribution is 2.27. The summed E-state index contributed by atoms with van der Waals surface area (Å²) in [6.07, 6.45) is 2.60. The van der Waals surface area contributed by atoms with Crippen LogP contribution in [0, 0.1) is 13.8 Å². The fraction of sp³-hybridized carbons (Fsp3) is 0.455. The number of nitrogens with zero attached hydrogens (tertiary/aromatic N) is 3. The summed E-state index contributed by atoms with van der Waals surface area (Å²) in [4.78, 5) is 8.33. The Morgan fingerprint density at radius 3 is 2.73 bits per heavy atom. The fourth-order valence-corrected chi connectivity index (χ4v) is 2.15. The van der Waals surface area contributed by atoms with Crippen molar-refractivity contribution in [3.63, 3.8) is 0 Å². The summed E-state index contributed by atoms with van der Waals surface area (Å²) in [6, 6.07) is 0. The first-order valence-corrected chi connectivity index (χ1v) is 5.50. The number of aromatic nitrogens is 3. The maximum Gasteiger partial charge on any atom is 0.156 e. The second-order valence-corrected chi connectivity index (χ2v) is 4.08. The van der Waals surface area contributed by atoms with Gasteiger partial charge >= 0.3 is 0 Å². The molecular formula is C11H14ClN3. The molecule has 2 rings (SSSR count). The van der Waals surface area contributed by atoms with E-state index in [1.807, 2.05) is 0 Å². The SMILES string of the molecule is CCCn1c(C)c(C)c2ncnc(Cl)c21. The molecule has 0 amide bonds. The van der Waals surface area contributed by atoms with Crippen LogP contribution < -0.4 is 0 Å². The minimum Gasteiger partial charge on any atom is -0.341 e. The third-order valence-corrected chi connectivity index (χ3v) is 3.07.